The van der Waals surface area contributed by atoms with Crippen LogP contribution in [0, 0.1) is 5.41 Å². The minimum absolute atomic E-state index is 0.00967. The smallest absolute Gasteiger partial charge is 0.321 e. The summed E-state index contributed by atoms with van der Waals surface area (Å²) in [7, 11) is 4.64. The average Bonchev–Trinajstić information content (AvgIpc) is 3.12. The number of carbonyl (C=O) groups is 2. The molecule has 2 aromatic carbocycles. The molecule has 0 aliphatic carbocycles. The molecule has 0 unspecified atom stereocenters. The van der Waals surface area contributed by atoms with Crippen molar-refractivity contribution in [3.8, 4) is 11.5 Å². The van der Waals surface area contributed by atoms with Gasteiger partial charge in [-0.3, -0.25) is 14.5 Å². The first-order valence-electron chi connectivity index (χ1n) is 10.6. The lowest BCUT2D eigenvalue weighted by Gasteiger charge is -2.45. The molecule has 2 heterocycles. The molecule has 2 saturated heterocycles. The second kappa shape index (κ2) is 8.71. The van der Waals surface area contributed by atoms with E-state index in [0.717, 1.165) is 35.5 Å². The molecule has 6 nitrogen and oxygen atoms in total. The minimum atomic E-state index is -1.20. The molecule has 0 aromatic heterocycles. The number of hydrogen-bond donors (Lipinski definition) is 0. The number of carbonyl (C=O) groups excluding carboxylic acids is 2. The fourth-order valence-electron chi connectivity index (χ4n) is 5.27. The van der Waals surface area contributed by atoms with Crippen LogP contribution in [0.5, 0.6) is 11.5 Å². The Bertz CT molecular complexity index is 957. The van der Waals surface area contributed by atoms with E-state index in [1.54, 1.807) is 14.2 Å². The van der Waals surface area contributed by atoms with Crippen LogP contribution in [0.2, 0.25) is 0 Å². The van der Waals surface area contributed by atoms with Gasteiger partial charge in [0.05, 0.1) is 21.3 Å². The molecule has 3 atom stereocenters. The maximum Gasteiger partial charge on any atom is 0.321 e. The van der Waals surface area contributed by atoms with Gasteiger partial charge in [0.25, 0.3) is 0 Å². The summed E-state index contributed by atoms with van der Waals surface area (Å²) in [5, 5.41) is 0. The number of hydrogen-bond acceptors (Lipinski definition) is 6. The van der Waals surface area contributed by atoms with Gasteiger partial charge in [0.2, 0.25) is 0 Å². The first kappa shape index (κ1) is 21.4. The number of nitrogens with zero attached hydrogens (tertiary/aromatic N) is 1. The molecule has 0 radical (unpaired) electrons. The van der Waals surface area contributed by atoms with Crippen LogP contribution in [0.25, 0.3) is 0 Å². The Kier molecular flexibility index (Phi) is 6.01. The molecular weight excluding hydrogens is 394 g/mol. The number of rotatable bonds is 7. The molecule has 2 fully saturated rings. The standard InChI is InChI=1S/C25H29NO5/c1-29-20-10-7-17(8-11-20)15-25(24(28)31-3)22-12-9-19(14-23(25)27)26(22)16-18-5-4-6-21(13-18)30-2/h4-8,10-11,13,19,22H,9,12,14-16H2,1-3H3/t19-,22+,25-/m1/s1. The molecule has 2 aliphatic heterocycles. The number of fused-ring (bicyclic) bond motifs is 2. The van der Waals surface area contributed by atoms with Crippen molar-refractivity contribution in [2.75, 3.05) is 21.3 Å². The number of methoxy groups -OCH3 is 3. The third kappa shape index (κ3) is 3.81. The summed E-state index contributed by atoms with van der Waals surface area (Å²) >= 11 is 0. The highest BCUT2D eigenvalue weighted by molar-refractivity contribution is 6.06. The topological polar surface area (TPSA) is 65.1 Å². The fraction of sp³-hybridized carbons (Fsp3) is 0.440. The van der Waals surface area contributed by atoms with E-state index in [0.29, 0.717) is 19.4 Å². The van der Waals surface area contributed by atoms with Gasteiger partial charge >= 0.3 is 5.97 Å². The number of ether oxygens (including phenoxy) is 3. The molecule has 31 heavy (non-hydrogen) atoms. The molecule has 2 aromatic rings. The van der Waals surface area contributed by atoms with Gasteiger partial charge in [-0.25, -0.2) is 0 Å². The van der Waals surface area contributed by atoms with Crippen molar-refractivity contribution in [2.45, 2.75) is 44.3 Å². The molecule has 0 spiro atoms. The Morgan fingerprint density at radius 2 is 1.74 bits per heavy atom. The number of esters is 1. The van der Waals surface area contributed by atoms with E-state index < -0.39 is 11.4 Å². The van der Waals surface area contributed by atoms with Crippen molar-refractivity contribution >= 4 is 11.8 Å². The van der Waals surface area contributed by atoms with Crippen LogP contribution < -0.4 is 9.47 Å². The zero-order valence-electron chi connectivity index (χ0n) is 18.3. The Balaban J connectivity index is 1.69. The third-order valence-electron chi connectivity index (χ3n) is 6.82. The molecule has 4 rings (SSSR count). The van der Waals surface area contributed by atoms with E-state index in [1.807, 2.05) is 42.5 Å². The van der Waals surface area contributed by atoms with E-state index in [-0.39, 0.29) is 17.9 Å². The first-order valence-corrected chi connectivity index (χ1v) is 10.6. The van der Waals surface area contributed by atoms with Gasteiger partial charge < -0.3 is 14.2 Å². The van der Waals surface area contributed by atoms with Crippen LogP contribution in [-0.4, -0.2) is 50.1 Å². The molecule has 2 bridgehead atoms. The highest BCUT2D eigenvalue weighted by Gasteiger charge is 2.61. The molecular formula is C25H29NO5. The molecule has 0 saturated carbocycles. The second-order valence-corrected chi connectivity index (χ2v) is 8.39. The van der Waals surface area contributed by atoms with Gasteiger partial charge in [0.15, 0.2) is 5.78 Å². The lowest BCUT2D eigenvalue weighted by Crippen LogP contribution is -2.61. The van der Waals surface area contributed by atoms with E-state index in [9.17, 15) is 9.59 Å². The SMILES string of the molecule is COC(=O)[C@@]1(Cc2ccc(OC)cc2)C(=O)C[C@H]2CC[C@@H]1N2Cc1cccc(OC)c1. The normalized spacial score (nSPS) is 25.3. The Morgan fingerprint density at radius 3 is 2.42 bits per heavy atom. The Hall–Kier alpha value is -2.86. The summed E-state index contributed by atoms with van der Waals surface area (Å²) in [4.78, 5) is 29.0. The zero-order valence-corrected chi connectivity index (χ0v) is 18.3. The summed E-state index contributed by atoms with van der Waals surface area (Å²) in [6.07, 6.45) is 2.40. The maximum atomic E-state index is 13.4. The number of Topliss-reactive ketones (excluding diaryl/α,β-unsaturated/α-hetero) is 1. The van der Waals surface area contributed by atoms with Gasteiger partial charge in [-0.05, 0) is 54.7 Å². The predicted molar refractivity (Wildman–Crippen MR) is 116 cm³/mol. The van der Waals surface area contributed by atoms with Crippen LogP contribution in [0.15, 0.2) is 48.5 Å². The van der Waals surface area contributed by atoms with E-state index in [1.165, 1.54) is 7.11 Å². The van der Waals surface area contributed by atoms with Gasteiger partial charge in [0, 0.05) is 25.0 Å². The molecule has 164 valence electrons. The van der Waals surface area contributed by atoms with Crippen LogP contribution >= 0.6 is 0 Å². The lowest BCUT2D eigenvalue weighted by atomic mass is 9.68. The maximum absolute atomic E-state index is 13.4. The highest BCUT2D eigenvalue weighted by atomic mass is 16.5. The van der Waals surface area contributed by atoms with Gasteiger partial charge in [-0.1, -0.05) is 24.3 Å². The monoisotopic (exact) mass is 423 g/mol. The number of ketones is 1. The summed E-state index contributed by atoms with van der Waals surface area (Å²) < 4.78 is 15.9. The Labute approximate surface area is 183 Å². The lowest BCUT2D eigenvalue weighted by molar-refractivity contribution is -0.167. The Morgan fingerprint density at radius 1 is 1.00 bits per heavy atom. The quantitative estimate of drug-likeness (QED) is 0.502. The summed E-state index contributed by atoms with van der Waals surface area (Å²) in [6, 6.07) is 15.5. The van der Waals surface area contributed by atoms with Crippen LogP contribution in [0.3, 0.4) is 0 Å². The van der Waals surface area contributed by atoms with E-state index >= 15 is 0 Å². The molecule has 2 aliphatic rings. The van der Waals surface area contributed by atoms with Crippen molar-refractivity contribution in [1.82, 2.24) is 4.90 Å². The van der Waals surface area contributed by atoms with Crippen molar-refractivity contribution in [3.63, 3.8) is 0 Å². The van der Waals surface area contributed by atoms with Gasteiger partial charge in [-0.15, -0.1) is 0 Å². The van der Waals surface area contributed by atoms with Crippen molar-refractivity contribution in [2.24, 2.45) is 5.41 Å². The highest BCUT2D eigenvalue weighted by Crippen LogP contribution is 2.48. The summed E-state index contributed by atoms with van der Waals surface area (Å²) in [5.41, 5.74) is 0.829. The summed E-state index contributed by atoms with van der Waals surface area (Å²) in [6.45, 7) is 0.668. The van der Waals surface area contributed by atoms with Crippen LogP contribution in [0.4, 0.5) is 0 Å². The number of piperidine rings is 1. The largest absolute Gasteiger partial charge is 0.497 e. The van der Waals surface area contributed by atoms with E-state index in [2.05, 4.69) is 11.0 Å². The molecule has 0 N–H and O–H groups in total. The predicted octanol–water partition coefficient (Wildman–Crippen LogP) is 3.41. The molecule has 0 amide bonds. The third-order valence-corrected chi connectivity index (χ3v) is 6.82. The van der Waals surface area contributed by atoms with E-state index in [4.69, 9.17) is 14.2 Å². The minimum Gasteiger partial charge on any atom is -0.497 e. The molecule has 6 heteroatoms. The average molecular weight is 424 g/mol. The summed E-state index contributed by atoms with van der Waals surface area (Å²) in [5.74, 6) is 1.10. The van der Waals surface area contributed by atoms with Crippen LogP contribution in [-0.2, 0) is 27.3 Å². The first-order chi connectivity index (χ1) is 15.0. The number of benzene rings is 2. The van der Waals surface area contributed by atoms with Crippen molar-refractivity contribution < 1.29 is 23.8 Å². The second-order valence-electron chi connectivity index (χ2n) is 8.39. The van der Waals surface area contributed by atoms with Gasteiger partial charge in [-0.2, -0.15) is 0 Å². The van der Waals surface area contributed by atoms with Crippen LogP contribution in [0.1, 0.15) is 30.4 Å². The van der Waals surface area contributed by atoms with Crippen molar-refractivity contribution in [3.05, 3.63) is 59.7 Å². The zero-order chi connectivity index (χ0) is 22.0. The van der Waals surface area contributed by atoms with Gasteiger partial charge in [0.1, 0.15) is 16.9 Å². The fourth-order valence-corrected chi connectivity index (χ4v) is 5.27. The van der Waals surface area contributed by atoms with Crippen molar-refractivity contribution in [1.29, 1.82) is 0 Å².